The van der Waals surface area contributed by atoms with E-state index in [9.17, 15) is 4.79 Å². The van der Waals surface area contributed by atoms with Gasteiger partial charge in [-0.2, -0.15) is 9.61 Å². The number of rotatable bonds is 6. The fourth-order valence-corrected chi connectivity index (χ4v) is 2.06. The first-order chi connectivity index (χ1) is 10.5. The van der Waals surface area contributed by atoms with E-state index in [1.54, 1.807) is 29.9 Å². The van der Waals surface area contributed by atoms with Crippen LogP contribution in [0.1, 0.15) is 32.8 Å². The third-order valence-corrected chi connectivity index (χ3v) is 3.47. The minimum atomic E-state index is -0.0521. The molecular weight excluding hydrogens is 280 g/mol. The Morgan fingerprint density at radius 3 is 2.86 bits per heavy atom. The number of nitrogens with one attached hydrogen (secondary N) is 2. The maximum absolute atomic E-state index is 11.5. The summed E-state index contributed by atoms with van der Waals surface area (Å²) in [6.45, 7) is 5.69. The highest BCUT2D eigenvalue weighted by Crippen LogP contribution is 2.20. The van der Waals surface area contributed by atoms with Gasteiger partial charge in [0.1, 0.15) is 11.6 Å². The van der Waals surface area contributed by atoms with Crippen LogP contribution < -0.4 is 16.4 Å². The molecule has 0 radical (unpaired) electrons. The average Bonchev–Trinajstić information content (AvgIpc) is 2.87. The molecule has 0 fully saturated rings. The van der Waals surface area contributed by atoms with Gasteiger partial charge in [0, 0.05) is 31.6 Å². The number of fused-ring (bicyclic) bond motifs is 1. The van der Waals surface area contributed by atoms with Crippen molar-refractivity contribution in [1.82, 2.24) is 19.9 Å². The van der Waals surface area contributed by atoms with Crippen LogP contribution in [-0.4, -0.2) is 33.5 Å². The molecule has 4 N–H and O–H groups in total. The van der Waals surface area contributed by atoms with Gasteiger partial charge in [-0.05, 0) is 19.4 Å². The standard InChI is InChI=1S/C15H22N6O/c1-5-9(2)19-14-7-13(16)20-15-11(8-18-21(14)15)6-12(17-4)10(3)22/h6-9,17,19H,5H2,1-4H3,(H2,16,20)/b12-6-. The van der Waals surface area contributed by atoms with Gasteiger partial charge in [0.25, 0.3) is 0 Å². The highest BCUT2D eigenvalue weighted by Gasteiger charge is 2.12. The first kappa shape index (κ1) is 15.8. The van der Waals surface area contributed by atoms with E-state index < -0.39 is 0 Å². The average molecular weight is 302 g/mol. The topological polar surface area (TPSA) is 97.3 Å². The normalized spacial score (nSPS) is 13.2. The molecule has 1 unspecified atom stereocenters. The maximum atomic E-state index is 11.5. The summed E-state index contributed by atoms with van der Waals surface area (Å²) in [5, 5.41) is 10.6. The fraction of sp³-hybridized carbons (Fsp3) is 0.400. The minimum absolute atomic E-state index is 0.0521. The Morgan fingerprint density at radius 1 is 1.55 bits per heavy atom. The summed E-state index contributed by atoms with van der Waals surface area (Å²) in [6, 6.07) is 2.04. The third kappa shape index (κ3) is 3.19. The highest BCUT2D eigenvalue weighted by molar-refractivity contribution is 5.97. The fourth-order valence-electron chi connectivity index (χ4n) is 2.06. The van der Waals surface area contributed by atoms with E-state index in [-0.39, 0.29) is 5.78 Å². The number of allylic oxidation sites excluding steroid dienone is 1. The van der Waals surface area contributed by atoms with Gasteiger partial charge in [-0.15, -0.1) is 0 Å². The summed E-state index contributed by atoms with van der Waals surface area (Å²) >= 11 is 0. The van der Waals surface area contributed by atoms with Crippen molar-refractivity contribution in [3.8, 4) is 0 Å². The molecule has 22 heavy (non-hydrogen) atoms. The van der Waals surface area contributed by atoms with Crippen LogP contribution >= 0.6 is 0 Å². The number of nitrogen functional groups attached to an aromatic ring is 1. The third-order valence-electron chi connectivity index (χ3n) is 3.47. The van der Waals surface area contributed by atoms with Gasteiger partial charge in [0.2, 0.25) is 0 Å². The van der Waals surface area contributed by atoms with E-state index in [1.807, 2.05) is 0 Å². The molecule has 0 saturated heterocycles. The van der Waals surface area contributed by atoms with Gasteiger partial charge in [0.15, 0.2) is 11.4 Å². The quantitative estimate of drug-likeness (QED) is 0.702. The molecule has 7 heteroatoms. The van der Waals surface area contributed by atoms with Crippen molar-refractivity contribution in [1.29, 1.82) is 0 Å². The minimum Gasteiger partial charge on any atom is -0.385 e. The summed E-state index contributed by atoms with van der Waals surface area (Å²) in [5.74, 6) is 1.14. The van der Waals surface area contributed by atoms with E-state index in [0.717, 1.165) is 17.8 Å². The monoisotopic (exact) mass is 302 g/mol. The SMILES string of the molecule is CCC(C)Nc1cc(N)nc2c(/C=C(\NC)C(C)=O)cnn12. The van der Waals surface area contributed by atoms with E-state index in [0.29, 0.717) is 23.2 Å². The highest BCUT2D eigenvalue weighted by atomic mass is 16.1. The van der Waals surface area contributed by atoms with E-state index >= 15 is 0 Å². The molecule has 7 nitrogen and oxygen atoms in total. The number of likely N-dealkylation sites (N-methyl/N-ethyl adjacent to an activating group) is 1. The Balaban J connectivity index is 2.54. The molecular formula is C15H22N6O. The lowest BCUT2D eigenvalue weighted by Crippen LogP contribution is -2.17. The molecule has 2 aromatic rings. The lowest BCUT2D eigenvalue weighted by molar-refractivity contribution is -0.113. The number of ketones is 1. The Kier molecular flexibility index (Phi) is 4.65. The Hall–Kier alpha value is -2.57. The van der Waals surface area contributed by atoms with Crippen molar-refractivity contribution < 1.29 is 4.79 Å². The number of carbonyl (C=O) groups is 1. The second-order valence-electron chi connectivity index (χ2n) is 5.22. The molecule has 2 heterocycles. The Labute approximate surface area is 129 Å². The van der Waals surface area contributed by atoms with E-state index in [2.05, 4.69) is 34.6 Å². The molecule has 118 valence electrons. The Morgan fingerprint density at radius 2 is 2.27 bits per heavy atom. The van der Waals surface area contributed by atoms with Gasteiger partial charge in [-0.3, -0.25) is 4.79 Å². The summed E-state index contributed by atoms with van der Waals surface area (Å²) in [4.78, 5) is 15.9. The van der Waals surface area contributed by atoms with Crippen LogP contribution in [-0.2, 0) is 4.79 Å². The molecule has 2 rings (SSSR count). The van der Waals surface area contributed by atoms with Crippen LogP contribution in [0.5, 0.6) is 0 Å². The number of carbonyl (C=O) groups excluding carboxylic acids is 1. The van der Waals surface area contributed by atoms with Crippen LogP contribution in [0.15, 0.2) is 18.0 Å². The zero-order chi connectivity index (χ0) is 16.3. The van der Waals surface area contributed by atoms with Crippen LogP contribution in [0, 0.1) is 0 Å². The van der Waals surface area contributed by atoms with Gasteiger partial charge >= 0.3 is 0 Å². The molecule has 2 aromatic heterocycles. The van der Waals surface area contributed by atoms with E-state index in [1.165, 1.54) is 6.92 Å². The number of aromatic nitrogens is 3. The van der Waals surface area contributed by atoms with Crippen molar-refractivity contribution in [2.24, 2.45) is 0 Å². The zero-order valence-electron chi connectivity index (χ0n) is 13.3. The molecule has 1 atom stereocenters. The van der Waals surface area contributed by atoms with Gasteiger partial charge in [-0.25, -0.2) is 4.98 Å². The van der Waals surface area contributed by atoms with Crippen molar-refractivity contribution in [3.05, 3.63) is 23.5 Å². The van der Waals surface area contributed by atoms with Crippen molar-refractivity contribution in [2.45, 2.75) is 33.2 Å². The molecule has 0 bridgehead atoms. The number of nitrogens with two attached hydrogens (primary N) is 1. The lowest BCUT2D eigenvalue weighted by atomic mass is 10.2. The number of hydrogen-bond donors (Lipinski definition) is 3. The predicted molar refractivity (Wildman–Crippen MR) is 88.5 cm³/mol. The zero-order valence-corrected chi connectivity index (χ0v) is 13.3. The maximum Gasteiger partial charge on any atom is 0.175 e. The van der Waals surface area contributed by atoms with Crippen molar-refractivity contribution in [2.75, 3.05) is 18.1 Å². The molecule has 0 aromatic carbocycles. The van der Waals surface area contributed by atoms with Crippen LogP contribution in [0.25, 0.3) is 11.7 Å². The summed E-state index contributed by atoms with van der Waals surface area (Å²) in [5.41, 5.74) is 7.74. The molecule has 0 spiro atoms. The summed E-state index contributed by atoms with van der Waals surface area (Å²) < 4.78 is 1.70. The van der Waals surface area contributed by atoms with Crippen LogP contribution in [0.3, 0.4) is 0 Å². The summed E-state index contributed by atoms with van der Waals surface area (Å²) in [7, 11) is 1.70. The van der Waals surface area contributed by atoms with Gasteiger partial charge < -0.3 is 16.4 Å². The molecule has 0 aliphatic heterocycles. The number of hydrogen-bond acceptors (Lipinski definition) is 6. The van der Waals surface area contributed by atoms with Gasteiger partial charge in [0.05, 0.1) is 11.9 Å². The predicted octanol–water partition coefficient (Wildman–Crippen LogP) is 1.67. The van der Waals surface area contributed by atoms with Crippen LogP contribution in [0.4, 0.5) is 11.6 Å². The van der Waals surface area contributed by atoms with Gasteiger partial charge in [-0.1, -0.05) is 6.92 Å². The lowest BCUT2D eigenvalue weighted by Gasteiger charge is -2.14. The molecule has 0 aliphatic rings. The largest absolute Gasteiger partial charge is 0.385 e. The van der Waals surface area contributed by atoms with E-state index in [4.69, 9.17) is 5.73 Å². The van der Waals surface area contributed by atoms with Crippen LogP contribution in [0.2, 0.25) is 0 Å². The summed E-state index contributed by atoms with van der Waals surface area (Å²) in [6.07, 6.45) is 4.37. The molecule has 0 saturated carbocycles. The second kappa shape index (κ2) is 6.46. The smallest absolute Gasteiger partial charge is 0.175 e. The number of Topliss-reactive ketones (excluding diaryl/α,β-unsaturated/α-hetero) is 1. The van der Waals surface area contributed by atoms with Crippen molar-refractivity contribution in [3.63, 3.8) is 0 Å². The molecule has 0 amide bonds. The number of anilines is 2. The first-order valence-corrected chi connectivity index (χ1v) is 7.27. The second-order valence-corrected chi connectivity index (χ2v) is 5.22. The number of nitrogens with zero attached hydrogens (tertiary/aromatic N) is 3. The van der Waals surface area contributed by atoms with Crippen molar-refractivity contribution >= 4 is 29.1 Å². The molecule has 0 aliphatic carbocycles. The Bertz CT molecular complexity index is 718. The first-order valence-electron chi connectivity index (χ1n) is 7.27.